The number of aryl methyl sites for hydroxylation is 4. The lowest BCUT2D eigenvalue weighted by atomic mass is 9.96. The fraction of sp³-hybridized carbons (Fsp3) is 0.500. The molecule has 0 aliphatic rings. The molecule has 0 aliphatic heterocycles. The Morgan fingerprint density at radius 1 is 0.395 bits per heavy atom. The smallest absolute Gasteiger partial charge is 0.341 e. The van der Waals surface area contributed by atoms with Crippen molar-refractivity contribution in [2.45, 2.75) is 81.1 Å². The molecule has 0 saturated carbocycles. The van der Waals surface area contributed by atoms with Crippen molar-refractivity contribution in [2.75, 3.05) is 77.5 Å². The van der Waals surface area contributed by atoms with Crippen molar-refractivity contribution >= 4 is 54.3 Å². The molecule has 3 rings (SSSR count). The number of esters is 4. The minimum atomic E-state index is -4.20. The first-order valence-corrected chi connectivity index (χ1v) is 30.6. The van der Waals surface area contributed by atoms with Crippen LogP contribution in [-0.4, -0.2) is 141 Å². The van der Waals surface area contributed by atoms with E-state index in [2.05, 4.69) is 6.58 Å². The highest BCUT2D eigenvalue weighted by atomic mass is 31.2. The van der Waals surface area contributed by atoms with Crippen molar-refractivity contribution in [3.05, 3.63) is 80.9 Å². The van der Waals surface area contributed by atoms with Crippen LogP contribution in [0.5, 0.6) is 23.0 Å². The average molecular weight is 1150 g/mol. The molecular weight excluding hydrogens is 1080 g/mol. The van der Waals surface area contributed by atoms with Gasteiger partial charge >= 0.3 is 54.3 Å². The van der Waals surface area contributed by atoms with E-state index in [0.29, 0.717) is 86.8 Å². The molecular formula is C48H70O24P4. The summed E-state index contributed by atoms with van der Waals surface area (Å²) in [6, 6.07) is 7.33. The Morgan fingerprint density at radius 3 is 0.987 bits per heavy atom. The van der Waals surface area contributed by atoms with Crippen molar-refractivity contribution in [3.63, 3.8) is 0 Å². The molecule has 0 radical (unpaired) electrons. The van der Waals surface area contributed by atoms with Crippen molar-refractivity contribution in [2.24, 2.45) is 0 Å². The summed E-state index contributed by atoms with van der Waals surface area (Å²) in [6.07, 6.45) is -0.0656. The molecule has 0 saturated heterocycles. The van der Waals surface area contributed by atoms with E-state index in [-0.39, 0.29) is 64.0 Å². The predicted molar refractivity (Wildman–Crippen MR) is 277 cm³/mol. The summed E-state index contributed by atoms with van der Waals surface area (Å²) in [5.41, 5.74) is 6.85. The summed E-state index contributed by atoms with van der Waals surface area (Å²) in [5, 5.41) is 0. The van der Waals surface area contributed by atoms with Gasteiger partial charge in [-0.3, -0.25) is 18.3 Å². The van der Waals surface area contributed by atoms with E-state index in [0.717, 1.165) is 11.1 Å². The Kier molecular flexibility index (Phi) is 28.0. The van der Waals surface area contributed by atoms with Gasteiger partial charge in [0, 0.05) is 25.5 Å². The van der Waals surface area contributed by atoms with Gasteiger partial charge in [-0.05, 0) is 161 Å². The normalized spacial score (nSPS) is 11.9. The average Bonchev–Trinajstić information content (AvgIpc) is 3.29. The molecule has 0 atom stereocenters. The fourth-order valence-electron chi connectivity index (χ4n) is 6.83. The van der Waals surface area contributed by atoms with Crippen LogP contribution in [-0.2, 0) is 56.4 Å². The van der Waals surface area contributed by atoms with Crippen LogP contribution in [0.3, 0.4) is 0 Å². The SMILES string of the molecule is C=C(COCCCCP(=O)(O)O)C(=O)Oc1c(C)c(C)c(OC(=O)COCCCCP(=O)(O)O)c(C)c1C.Cc1cc(-c2cc(C)c(OC(=O)COCCP(=O)(O)O)c(C)c2)cc(C)c1OC(=O)COCCP(=O)(O)O. The third-order valence-corrected chi connectivity index (χ3v) is 14.2. The first kappa shape index (κ1) is 67.8. The van der Waals surface area contributed by atoms with E-state index < -0.39 is 79.8 Å². The van der Waals surface area contributed by atoms with Gasteiger partial charge in [-0.25, -0.2) is 19.2 Å². The number of hydrogen-bond acceptors (Lipinski definition) is 16. The number of carbonyl (C=O) groups is 4. The van der Waals surface area contributed by atoms with Gasteiger partial charge in [-0.2, -0.15) is 0 Å². The Hall–Kier alpha value is -4.28. The first-order valence-electron chi connectivity index (χ1n) is 23.4. The second-order valence-corrected chi connectivity index (χ2v) is 24.7. The van der Waals surface area contributed by atoms with Gasteiger partial charge in [-0.15, -0.1) is 0 Å². The summed E-state index contributed by atoms with van der Waals surface area (Å²) in [5.74, 6) is -1.37. The number of ether oxygens (including phenoxy) is 8. The molecule has 0 aliphatic carbocycles. The number of unbranched alkanes of at least 4 members (excludes halogenated alkanes) is 2. The summed E-state index contributed by atoms with van der Waals surface area (Å²) >= 11 is 0. The third kappa shape index (κ3) is 26.4. The predicted octanol–water partition coefficient (Wildman–Crippen LogP) is 6.02. The Morgan fingerprint density at radius 2 is 0.671 bits per heavy atom. The number of rotatable bonds is 30. The first-order chi connectivity index (χ1) is 35.1. The summed E-state index contributed by atoms with van der Waals surface area (Å²) in [7, 11) is -16.5. The molecule has 0 fully saturated rings. The van der Waals surface area contributed by atoms with Crippen LogP contribution in [0.1, 0.15) is 70.2 Å². The molecule has 76 heavy (non-hydrogen) atoms. The zero-order valence-corrected chi connectivity index (χ0v) is 47.3. The summed E-state index contributed by atoms with van der Waals surface area (Å²) in [4.78, 5) is 120. The zero-order valence-electron chi connectivity index (χ0n) is 43.7. The van der Waals surface area contributed by atoms with E-state index in [1.807, 2.05) is 24.3 Å². The quantitative estimate of drug-likeness (QED) is 0.0124. The maximum absolute atomic E-state index is 12.6. The lowest BCUT2D eigenvalue weighted by Gasteiger charge is -2.20. The van der Waals surface area contributed by atoms with Gasteiger partial charge in [-0.1, -0.05) is 6.58 Å². The molecule has 0 heterocycles. The van der Waals surface area contributed by atoms with Crippen LogP contribution < -0.4 is 18.9 Å². The maximum Gasteiger partial charge on any atom is 0.341 e. The molecule has 8 N–H and O–H groups in total. The van der Waals surface area contributed by atoms with E-state index in [1.165, 1.54) is 0 Å². The molecule has 3 aromatic rings. The van der Waals surface area contributed by atoms with Crippen LogP contribution in [0.4, 0.5) is 0 Å². The molecule has 3 aromatic carbocycles. The second-order valence-electron chi connectivity index (χ2n) is 17.6. The Labute approximate surface area is 441 Å². The van der Waals surface area contributed by atoms with Crippen LogP contribution in [0.25, 0.3) is 11.1 Å². The standard InChI is InChI=1S/C24H32O12P2.C24H38O12P2/c1-15-9-19(10-16(2)23(15)35-21(25)13-33-5-7-37(27,28)29)20-11-17(3)24(18(4)12-20)36-22(26)14-34-6-8-38(30,31)32;1-16(14-33-10-6-8-12-37(27,28)29)24(26)36-23-19(4)17(2)22(18(3)20(23)5)35-21(25)15-34-11-7-9-13-38(30,31)32/h9-12H,5-8,13-14H2,1-4H3,(H2,27,28,29)(H2,30,31,32);1,6-15H2,2-5H3,(H2,27,28,29)(H2,30,31,32). The Balaban J connectivity index is 0.000000520. The van der Waals surface area contributed by atoms with Crippen molar-refractivity contribution < 1.29 is 114 Å². The highest BCUT2D eigenvalue weighted by Gasteiger charge is 2.23. The van der Waals surface area contributed by atoms with Crippen molar-refractivity contribution in [1.82, 2.24) is 0 Å². The van der Waals surface area contributed by atoms with Gasteiger partial charge in [0.05, 0.1) is 37.7 Å². The van der Waals surface area contributed by atoms with Crippen LogP contribution >= 0.6 is 30.4 Å². The van der Waals surface area contributed by atoms with Crippen molar-refractivity contribution in [1.29, 1.82) is 0 Å². The highest BCUT2D eigenvalue weighted by Crippen LogP contribution is 2.40. The van der Waals surface area contributed by atoms with E-state index >= 15 is 0 Å². The van der Waals surface area contributed by atoms with Crippen LogP contribution in [0.2, 0.25) is 0 Å². The maximum atomic E-state index is 12.6. The van der Waals surface area contributed by atoms with Gasteiger partial charge < -0.3 is 77.0 Å². The van der Waals surface area contributed by atoms with E-state index in [9.17, 15) is 37.4 Å². The summed E-state index contributed by atoms with van der Waals surface area (Å²) < 4.78 is 85.8. The fourth-order valence-corrected chi connectivity index (χ4v) is 8.84. The largest absolute Gasteiger partial charge is 0.424 e. The van der Waals surface area contributed by atoms with Crippen LogP contribution in [0.15, 0.2) is 36.4 Å². The van der Waals surface area contributed by atoms with Crippen LogP contribution in [0, 0.1) is 55.4 Å². The summed E-state index contributed by atoms with van der Waals surface area (Å²) in [6.45, 7) is 16.2. The van der Waals surface area contributed by atoms with Gasteiger partial charge in [0.15, 0.2) is 0 Å². The molecule has 0 amide bonds. The minimum absolute atomic E-state index is 0.0718. The van der Waals surface area contributed by atoms with Gasteiger partial charge in [0.2, 0.25) is 0 Å². The highest BCUT2D eigenvalue weighted by molar-refractivity contribution is 7.52. The number of carbonyl (C=O) groups excluding carboxylic acids is 4. The molecule has 0 spiro atoms. The molecule has 0 aromatic heterocycles. The number of benzene rings is 3. The molecule has 0 bridgehead atoms. The molecule has 24 nitrogen and oxygen atoms in total. The second kappa shape index (κ2) is 31.3. The zero-order chi connectivity index (χ0) is 57.8. The minimum Gasteiger partial charge on any atom is -0.424 e. The Bertz CT molecular complexity index is 2540. The lowest BCUT2D eigenvalue weighted by Crippen LogP contribution is -2.19. The van der Waals surface area contributed by atoms with E-state index in [1.54, 1.807) is 55.4 Å². The van der Waals surface area contributed by atoms with Crippen molar-refractivity contribution in [3.8, 4) is 34.1 Å². The monoisotopic (exact) mass is 1150 g/mol. The molecule has 28 heteroatoms. The third-order valence-electron chi connectivity index (χ3n) is 10.8. The van der Waals surface area contributed by atoms with Gasteiger partial charge in [0.25, 0.3) is 0 Å². The molecule has 426 valence electrons. The lowest BCUT2D eigenvalue weighted by molar-refractivity contribution is -0.140. The van der Waals surface area contributed by atoms with Gasteiger partial charge in [0.1, 0.15) is 42.8 Å². The number of hydrogen-bond donors (Lipinski definition) is 8. The topological polar surface area (TPSA) is 372 Å². The molecule has 0 unspecified atom stereocenters. The van der Waals surface area contributed by atoms with E-state index in [4.69, 9.17) is 77.0 Å².